The minimum Gasteiger partial charge on any atom is -0.493 e. The SMILES string of the molecule is COc1ccc(CCC(=O)NN)cc1OC. The summed E-state index contributed by atoms with van der Waals surface area (Å²) in [6.45, 7) is 0. The van der Waals surface area contributed by atoms with Crippen molar-refractivity contribution in [1.82, 2.24) is 5.43 Å². The third kappa shape index (κ3) is 3.13. The Balaban J connectivity index is 2.71. The lowest BCUT2D eigenvalue weighted by atomic mass is 10.1. The summed E-state index contributed by atoms with van der Waals surface area (Å²) in [5.74, 6) is 6.14. The van der Waals surface area contributed by atoms with E-state index in [-0.39, 0.29) is 5.91 Å². The second-order valence-electron chi connectivity index (χ2n) is 3.26. The van der Waals surface area contributed by atoms with Crippen LogP contribution in [0.2, 0.25) is 0 Å². The number of hydrazine groups is 1. The van der Waals surface area contributed by atoms with Crippen molar-refractivity contribution in [2.24, 2.45) is 5.84 Å². The van der Waals surface area contributed by atoms with E-state index in [1.165, 1.54) is 0 Å². The predicted octanol–water partition coefficient (Wildman–Crippen LogP) is 0.626. The van der Waals surface area contributed by atoms with Crippen LogP contribution >= 0.6 is 0 Å². The maximum Gasteiger partial charge on any atom is 0.234 e. The molecule has 0 saturated heterocycles. The molecule has 5 nitrogen and oxygen atoms in total. The zero-order valence-corrected chi connectivity index (χ0v) is 9.45. The standard InChI is InChI=1S/C11H16N2O3/c1-15-9-5-3-8(7-10(9)16-2)4-6-11(14)13-12/h3,5,7H,4,6,12H2,1-2H3,(H,13,14). The number of hydrogen-bond donors (Lipinski definition) is 2. The molecule has 16 heavy (non-hydrogen) atoms. The van der Waals surface area contributed by atoms with Gasteiger partial charge in [0.1, 0.15) is 0 Å². The molecule has 0 aliphatic rings. The third-order valence-electron chi connectivity index (χ3n) is 2.25. The molecule has 3 N–H and O–H groups in total. The number of benzene rings is 1. The molecule has 5 heteroatoms. The van der Waals surface area contributed by atoms with Gasteiger partial charge in [-0.3, -0.25) is 10.2 Å². The van der Waals surface area contributed by atoms with Crippen LogP contribution in [0.15, 0.2) is 18.2 Å². The van der Waals surface area contributed by atoms with Crippen molar-refractivity contribution in [2.75, 3.05) is 14.2 Å². The van der Waals surface area contributed by atoms with E-state index in [0.29, 0.717) is 24.3 Å². The van der Waals surface area contributed by atoms with Gasteiger partial charge in [0.05, 0.1) is 14.2 Å². The van der Waals surface area contributed by atoms with Gasteiger partial charge in [0, 0.05) is 6.42 Å². The van der Waals surface area contributed by atoms with Crippen molar-refractivity contribution < 1.29 is 14.3 Å². The first kappa shape index (κ1) is 12.3. The highest BCUT2D eigenvalue weighted by Gasteiger charge is 2.05. The first-order chi connectivity index (χ1) is 7.71. The number of aryl methyl sites for hydroxylation is 1. The molecule has 0 heterocycles. The molecule has 88 valence electrons. The molecule has 1 aromatic rings. The summed E-state index contributed by atoms with van der Waals surface area (Å²) in [6.07, 6.45) is 0.968. The van der Waals surface area contributed by atoms with Crippen LogP contribution < -0.4 is 20.7 Å². The van der Waals surface area contributed by atoms with Crippen LogP contribution in [0.3, 0.4) is 0 Å². The van der Waals surface area contributed by atoms with Crippen molar-refractivity contribution in [3.05, 3.63) is 23.8 Å². The van der Waals surface area contributed by atoms with Gasteiger partial charge in [0.15, 0.2) is 11.5 Å². The monoisotopic (exact) mass is 224 g/mol. The summed E-state index contributed by atoms with van der Waals surface area (Å²) in [7, 11) is 3.16. The van der Waals surface area contributed by atoms with Crippen LogP contribution in [0.4, 0.5) is 0 Å². The number of hydrogen-bond acceptors (Lipinski definition) is 4. The molecular formula is C11H16N2O3. The summed E-state index contributed by atoms with van der Waals surface area (Å²) in [5, 5.41) is 0. The molecule has 0 aromatic heterocycles. The van der Waals surface area contributed by atoms with Crippen LogP contribution in [0.5, 0.6) is 11.5 Å². The van der Waals surface area contributed by atoms with Gasteiger partial charge in [-0.2, -0.15) is 0 Å². The lowest BCUT2D eigenvalue weighted by Crippen LogP contribution is -2.30. The van der Waals surface area contributed by atoms with Crippen LogP contribution in [-0.2, 0) is 11.2 Å². The highest BCUT2D eigenvalue weighted by atomic mass is 16.5. The van der Waals surface area contributed by atoms with Crippen LogP contribution in [0, 0.1) is 0 Å². The second-order valence-corrected chi connectivity index (χ2v) is 3.26. The number of carbonyl (C=O) groups is 1. The molecule has 1 rings (SSSR count). The summed E-state index contributed by atoms with van der Waals surface area (Å²) in [6, 6.07) is 5.56. The number of ether oxygens (including phenoxy) is 2. The van der Waals surface area contributed by atoms with E-state index in [1.54, 1.807) is 14.2 Å². The van der Waals surface area contributed by atoms with E-state index in [2.05, 4.69) is 5.43 Å². The fourth-order valence-corrected chi connectivity index (χ4v) is 1.37. The zero-order valence-electron chi connectivity index (χ0n) is 9.45. The Morgan fingerprint density at radius 3 is 2.56 bits per heavy atom. The predicted molar refractivity (Wildman–Crippen MR) is 60.2 cm³/mol. The first-order valence-corrected chi connectivity index (χ1v) is 4.91. The van der Waals surface area contributed by atoms with Gasteiger partial charge in [-0.1, -0.05) is 6.07 Å². The quantitative estimate of drug-likeness (QED) is 0.437. The first-order valence-electron chi connectivity index (χ1n) is 4.91. The van der Waals surface area contributed by atoms with Crippen molar-refractivity contribution in [1.29, 1.82) is 0 Å². The van der Waals surface area contributed by atoms with Gasteiger partial charge in [-0.05, 0) is 24.1 Å². The van der Waals surface area contributed by atoms with Crippen molar-refractivity contribution in [3.8, 4) is 11.5 Å². The van der Waals surface area contributed by atoms with Crippen molar-refractivity contribution in [3.63, 3.8) is 0 Å². The lowest BCUT2D eigenvalue weighted by Gasteiger charge is -2.09. The molecule has 0 aliphatic carbocycles. The Morgan fingerprint density at radius 1 is 1.31 bits per heavy atom. The summed E-state index contributed by atoms with van der Waals surface area (Å²) in [5.41, 5.74) is 3.09. The van der Waals surface area contributed by atoms with Gasteiger partial charge in [0.2, 0.25) is 5.91 Å². The normalized spacial score (nSPS) is 9.69. The lowest BCUT2D eigenvalue weighted by molar-refractivity contribution is -0.121. The molecular weight excluding hydrogens is 208 g/mol. The van der Waals surface area contributed by atoms with E-state index in [9.17, 15) is 4.79 Å². The largest absolute Gasteiger partial charge is 0.493 e. The average Bonchev–Trinajstić information content (AvgIpc) is 2.35. The van der Waals surface area contributed by atoms with E-state index in [0.717, 1.165) is 5.56 Å². The number of nitrogens with two attached hydrogens (primary N) is 1. The molecule has 0 unspecified atom stereocenters. The number of methoxy groups -OCH3 is 2. The number of nitrogens with one attached hydrogen (secondary N) is 1. The Bertz CT molecular complexity index is 366. The van der Waals surface area contributed by atoms with Gasteiger partial charge in [-0.25, -0.2) is 5.84 Å². The van der Waals surface area contributed by atoms with Crippen LogP contribution in [0.25, 0.3) is 0 Å². The van der Waals surface area contributed by atoms with Gasteiger partial charge < -0.3 is 9.47 Å². The molecule has 1 amide bonds. The molecule has 0 fully saturated rings. The topological polar surface area (TPSA) is 73.6 Å². The Hall–Kier alpha value is -1.75. The van der Waals surface area contributed by atoms with E-state index < -0.39 is 0 Å². The highest BCUT2D eigenvalue weighted by molar-refractivity contribution is 5.75. The van der Waals surface area contributed by atoms with E-state index in [4.69, 9.17) is 15.3 Å². The van der Waals surface area contributed by atoms with Crippen molar-refractivity contribution >= 4 is 5.91 Å². The Kier molecular flexibility index (Phi) is 4.60. The minimum atomic E-state index is -0.185. The maximum absolute atomic E-state index is 11.0. The van der Waals surface area contributed by atoms with Gasteiger partial charge in [-0.15, -0.1) is 0 Å². The van der Waals surface area contributed by atoms with E-state index >= 15 is 0 Å². The molecule has 0 spiro atoms. The summed E-state index contributed by atoms with van der Waals surface area (Å²) >= 11 is 0. The molecule has 1 aromatic carbocycles. The number of amides is 1. The van der Waals surface area contributed by atoms with Crippen LogP contribution in [-0.4, -0.2) is 20.1 Å². The van der Waals surface area contributed by atoms with Crippen LogP contribution in [0.1, 0.15) is 12.0 Å². The van der Waals surface area contributed by atoms with Crippen molar-refractivity contribution in [2.45, 2.75) is 12.8 Å². The molecule has 0 radical (unpaired) electrons. The maximum atomic E-state index is 11.0. The molecule has 0 saturated carbocycles. The summed E-state index contributed by atoms with van der Waals surface area (Å²) in [4.78, 5) is 11.0. The molecule has 0 atom stereocenters. The zero-order chi connectivity index (χ0) is 12.0. The molecule has 0 bridgehead atoms. The average molecular weight is 224 g/mol. The summed E-state index contributed by atoms with van der Waals surface area (Å²) < 4.78 is 10.3. The van der Waals surface area contributed by atoms with Gasteiger partial charge in [0.25, 0.3) is 0 Å². The number of carbonyl (C=O) groups excluding carboxylic acids is 1. The Labute approximate surface area is 94.5 Å². The molecule has 0 aliphatic heterocycles. The number of rotatable bonds is 5. The van der Waals surface area contributed by atoms with E-state index in [1.807, 2.05) is 18.2 Å². The third-order valence-corrected chi connectivity index (χ3v) is 2.25. The highest BCUT2D eigenvalue weighted by Crippen LogP contribution is 2.27. The fourth-order valence-electron chi connectivity index (χ4n) is 1.37. The smallest absolute Gasteiger partial charge is 0.234 e. The minimum absolute atomic E-state index is 0.185. The van der Waals surface area contributed by atoms with Gasteiger partial charge >= 0.3 is 0 Å². The fraction of sp³-hybridized carbons (Fsp3) is 0.364. The Morgan fingerprint density at radius 2 is 2.00 bits per heavy atom. The second kappa shape index (κ2) is 5.97.